The summed E-state index contributed by atoms with van der Waals surface area (Å²) < 4.78 is 0. The highest BCUT2D eigenvalue weighted by molar-refractivity contribution is 6.22. The lowest BCUT2D eigenvalue weighted by Crippen LogP contribution is -2.33. The van der Waals surface area contributed by atoms with Crippen molar-refractivity contribution in [2.75, 3.05) is 4.90 Å². The lowest BCUT2D eigenvalue weighted by atomic mass is 9.85. The number of amides is 2. The summed E-state index contributed by atoms with van der Waals surface area (Å²) in [5.74, 6) is 0.552. The first-order valence-corrected chi connectivity index (χ1v) is 6.66. The second-order valence-electron chi connectivity index (χ2n) is 5.65. The number of rotatable bonds is 1. The van der Waals surface area contributed by atoms with Gasteiger partial charge in [-0.15, -0.1) is 0 Å². The summed E-state index contributed by atoms with van der Waals surface area (Å²) in [6, 6.07) is 5.43. The smallest absolute Gasteiger partial charge is 0.239 e. The second-order valence-corrected chi connectivity index (χ2v) is 5.65. The number of hydrogen-bond donors (Lipinski definition) is 0. The van der Waals surface area contributed by atoms with E-state index in [9.17, 15) is 9.59 Å². The van der Waals surface area contributed by atoms with Gasteiger partial charge in [-0.1, -0.05) is 18.2 Å². The van der Waals surface area contributed by atoms with Crippen LogP contribution in [-0.2, 0) is 9.59 Å². The van der Waals surface area contributed by atoms with Gasteiger partial charge >= 0.3 is 0 Å². The van der Waals surface area contributed by atoms with Crippen LogP contribution < -0.4 is 4.90 Å². The van der Waals surface area contributed by atoms with Crippen molar-refractivity contribution in [3.63, 3.8) is 0 Å². The standard InChI is InChI=1S/C15H14N2O2/c1-8-3-2-4-11(16-8)17-14(18)12-9-5-6-10(7-9)13(12)15(17)19/h2-6,9-10,12-13H,7H2,1H3/t9-,10-,12+,13+/m0/s1. The number of anilines is 1. The predicted molar refractivity (Wildman–Crippen MR) is 69.2 cm³/mol. The fourth-order valence-electron chi connectivity index (χ4n) is 3.78. The summed E-state index contributed by atoms with van der Waals surface area (Å²) in [5, 5.41) is 0. The normalized spacial score (nSPS) is 35.3. The van der Waals surface area contributed by atoms with Gasteiger partial charge in [0.05, 0.1) is 11.8 Å². The predicted octanol–water partition coefficient (Wildman–Crippen LogP) is 1.70. The van der Waals surface area contributed by atoms with Gasteiger partial charge in [-0.25, -0.2) is 9.88 Å². The maximum Gasteiger partial charge on any atom is 0.239 e. The Labute approximate surface area is 111 Å². The summed E-state index contributed by atoms with van der Waals surface area (Å²) in [6.45, 7) is 1.86. The van der Waals surface area contributed by atoms with Gasteiger partial charge in [-0.3, -0.25) is 9.59 Å². The lowest BCUT2D eigenvalue weighted by Gasteiger charge is -2.16. The van der Waals surface area contributed by atoms with Crippen molar-refractivity contribution in [1.82, 2.24) is 4.98 Å². The summed E-state index contributed by atoms with van der Waals surface area (Å²) in [4.78, 5) is 30.7. The molecular formula is C15H14N2O2. The molecule has 2 fully saturated rings. The van der Waals surface area contributed by atoms with Crippen LogP contribution in [0.2, 0.25) is 0 Å². The first kappa shape index (κ1) is 10.9. The number of imide groups is 1. The van der Waals surface area contributed by atoms with Gasteiger partial charge in [0.25, 0.3) is 0 Å². The molecule has 1 aliphatic heterocycles. The zero-order chi connectivity index (χ0) is 13.1. The van der Waals surface area contributed by atoms with Crippen LogP contribution in [-0.4, -0.2) is 16.8 Å². The van der Waals surface area contributed by atoms with Gasteiger partial charge in [-0.2, -0.15) is 0 Å². The van der Waals surface area contributed by atoms with Crippen molar-refractivity contribution in [3.8, 4) is 0 Å². The maximum atomic E-state index is 12.5. The number of carbonyl (C=O) groups is 2. The van der Waals surface area contributed by atoms with E-state index in [1.54, 1.807) is 6.07 Å². The van der Waals surface area contributed by atoms with Crippen LogP contribution in [0.15, 0.2) is 30.4 Å². The third kappa shape index (κ3) is 1.31. The van der Waals surface area contributed by atoms with Crippen LogP contribution in [0.4, 0.5) is 5.82 Å². The number of carbonyl (C=O) groups excluding carboxylic acids is 2. The van der Waals surface area contributed by atoms with E-state index in [2.05, 4.69) is 17.1 Å². The minimum absolute atomic E-state index is 0.0649. The number of hydrogen-bond acceptors (Lipinski definition) is 3. The molecule has 2 bridgehead atoms. The average Bonchev–Trinajstić information content (AvgIpc) is 3.04. The van der Waals surface area contributed by atoms with Gasteiger partial charge in [-0.05, 0) is 37.3 Å². The molecular weight excluding hydrogens is 240 g/mol. The fraction of sp³-hybridized carbons (Fsp3) is 0.400. The highest BCUT2D eigenvalue weighted by Gasteiger charge is 2.59. The Morgan fingerprint density at radius 2 is 1.74 bits per heavy atom. The molecule has 4 atom stereocenters. The summed E-state index contributed by atoms with van der Waals surface area (Å²) in [7, 11) is 0. The van der Waals surface area contributed by atoms with E-state index in [0.29, 0.717) is 5.82 Å². The SMILES string of the molecule is Cc1cccc(N2C(=O)[C@H]3[C@H](C2=O)[C@H]2C=C[C@H]3C2)n1. The molecule has 3 aliphatic rings. The van der Waals surface area contributed by atoms with Crippen molar-refractivity contribution >= 4 is 17.6 Å². The molecule has 19 heavy (non-hydrogen) atoms. The van der Waals surface area contributed by atoms with E-state index in [1.165, 1.54) is 4.90 Å². The molecule has 0 aromatic carbocycles. The Morgan fingerprint density at radius 1 is 1.11 bits per heavy atom. The van der Waals surface area contributed by atoms with Crippen molar-refractivity contribution < 1.29 is 9.59 Å². The number of aromatic nitrogens is 1. The average molecular weight is 254 g/mol. The van der Waals surface area contributed by atoms with Gasteiger partial charge in [0.2, 0.25) is 11.8 Å². The molecule has 0 spiro atoms. The third-order valence-electron chi connectivity index (χ3n) is 4.57. The molecule has 0 radical (unpaired) electrons. The van der Waals surface area contributed by atoms with Crippen LogP contribution in [0.25, 0.3) is 0 Å². The Hall–Kier alpha value is -1.97. The molecule has 1 aromatic heterocycles. The zero-order valence-corrected chi connectivity index (χ0v) is 10.6. The summed E-state index contributed by atoms with van der Waals surface area (Å²) in [5.41, 5.74) is 0.816. The molecule has 2 heterocycles. The molecule has 0 unspecified atom stereocenters. The number of fused-ring (bicyclic) bond motifs is 5. The molecule has 0 N–H and O–H groups in total. The number of aryl methyl sites for hydroxylation is 1. The second kappa shape index (κ2) is 3.53. The number of pyridine rings is 1. The van der Waals surface area contributed by atoms with E-state index in [1.807, 2.05) is 19.1 Å². The molecule has 4 nitrogen and oxygen atoms in total. The van der Waals surface area contributed by atoms with Crippen LogP contribution in [0, 0.1) is 30.6 Å². The lowest BCUT2D eigenvalue weighted by molar-refractivity contribution is -0.123. The first-order valence-electron chi connectivity index (χ1n) is 6.66. The number of allylic oxidation sites excluding steroid dienone is 2. The van der Waals surface area contributed by atoms with Crippen molar-refractivity contribution in [2.45, 2.75) is 13.3 Å². The van der Waals surface area contributed by atoms with Gasteiger partial charge < -0.3 is 0 Å². The Balaban J connectivity index is 1.77. The molecule has 1 saturated carbocycles. The van der Waals surface area contributed by atoms with Crippen LogP contribution in [0.3, 0.4) is 0 Å². The molecule has 1 saturated heterocycles. The largest absolute Gasteiger partial charge is 0.274 e. The Morgan fingerprint density at radius 3 is 2.32 bits per heavy atom. The van der Waals surface area contributed by atoms with E-state index in [0.717, 1.165) is 12.1 Å². The van der Waals surface area contributed by atoms with E-state index < -0.39 is 0 Å². The molecule has 4 rings (SSSR count). The van der Waals surface area contributed by atoms with Gasteiger partial charge in [0, 0.05) is 5.69 Å². The van der Waals surface area contributed by atoms with Crippen molar-refractivity contribution in [1.29, 1.82) is 0 Å². The monoisotopic (exact) mass is 254 g/mol. The quantitative estimate of drug-likeness (QED) is 0.566. The molecule has 2 amide bonds. The van der Waals surface area contributed by atoms with Crippen LogP contribution in [0.1, 0.15) is 12.1 Å². The van der Waals surface area contributed by atoms with Crippen molar-refractivity contribution in [2.24, 2.45) is 23.7 Å². The highest BCUT2D eigenvalue weighted by Crippen LogP contribution is 2.52. The highest BCUT2D eigenvalue weighted by atomic mass is 16.2. The Bertz CT molecular complexity index is 592. The van der Waals surface area contributed by atoms with E-state index in [-0.39, 0.29) is 35.5 Å². The summed E-state index contributed by atoms with van der Waals surface area (Å²) >= 11 is 0. The topological polar surface area (TPSA) is 50.3 Å². The summed E-state index contributed by atoms with van der Waals surface area (Å²) in [6.07, 6.45) is 5.16. The molecule has 1 aromatic rings. The molecule has 4 heteroatoms. The van der Waals surface area contributed by atoms with E-state index in [4.69, 9.17) is 0 Å². The number of nitrogens with zero attached hydrogens (tertiary/aromatic N) is 2. The molecule has 2 aliphatic carbocycles. The minimum Gasteiger partial charge on any atom is -0.274 e. The Kier molecular flexibility index (Phi) is 2.03. The van der Waals surface area contributed by atoms with Gasteiger partial charge in [0.1, 0.15) is 5.82 Å². The van der Waals surface area contributed by atoms with Crippen LogP contribution >= 0.6 is 0 Å². The zero-order valence-electron chi connectivity index (χ0n) is 10.6. The maximum absolute atomic E-state index is 12.5. The minimum atomic E-state index is -0.148. The third-order valence-corrected chi connectivity index (χ3v) is 4.57. The van der Waals surface area contributed by atoms with Crippen molar-refractivity contribution in [3.05, 3.63) is 36.0 Å². The first-order chi connectivity index (χ1) is 9.16. The fourth-order valence-corrected chi connectivity index (χ4v) is 3.78. The van der Waals surface area contributed by atoms with E-state index >= 15 is 0 Å². The van der Waals surface area contributed by atoms with Gasteiger partial charge in [0.15, 0.2) is 0 Å². The van der Waals surface area contributed by atoms with Crippen LogP contribution in [0.5, 0.6) is 0 Å². The molecule has 96 valence electrons.